The lowest BCUT2D eigenvalue weighted by Gasteiger charge is -2.20. The van der Waals surface area contributed by atoms with E-state index in [0.29, 0.717) is 12.8 Å². The number of allylic oxidation sites excluding steroid dienone is 4. The first-order chi connectivity index (χ1) is 23.6. The maximum Gasteiger partial charge on any atom is 0.472 e. The molecule has 11 nitrogen and oxygen atoms in total. The molecule has 0 aromatic carbocycles. The van der Waals surface area contributed by atoms with Crippen molar-refractivity contribution in [2.24, 2.45) is 5.73 Å². The van der Waals surface area contributed by atoms with Gasteiger partial charge >= 0.3 is 25.7 Å². The zero-order chi connectivity index (χ0) is 36.4. The number of hydrogen-bond donors (Lipinski definition) is 3. The van der Waals surface area contributed by atoms with E-state index in [1.807, 2.05) is 6.92 Å². The summed E-state index contributed by atoms with van der Waals surface area (Å²) in [4.78, 5) is 45.0. The minimum absolute atomic E-state index is 0.159. The minimum Gasteiger partial charge on any atom is -0.480 e. The Bertz CT molecular complexity index is 942. The largest absolute Gasteiger partial charge is 0.480 e. The van der Waals surface area contributed by atoms with Gasteiger partial charge in [0.25, 0.3) is 0 Å². The predicted octanol–water partition coefficient (Wildman–Crippen LogP) is 9.11. The van der Waals surface area contributed by atoms with Crippen molar-refractivity contribution < 1.29 is 47.5 Å². The van der Waals surface area contributed by atoms with Gasteiger partial charge in [-0.05, 0) is 44.9 Å². The van der Waals surface area contributed by atoms with Gasteiger partial charge in [-0.2, -0.15) is 0 Å². The Labute approximate surface area is 296 Å². The number of carbonyl (C=O) groups is 3. The van der Waals surface area contributed by atoms with Gasteiger partial charge in [0, 0.05) is 12.8 Å². The monoisotopic (exact) mass is 717 g/mol. The second-order valence-electron chi connectivity index (χ2n) is 12.7. The summed E-state index contributed by atoms with van der Waals surface area (Å²) < 4.78 is 32.1. The third-order valence-electron chi connectivity index (χ3n) is 7.95. The number of aliphatic carboxylic acids is 1. The summed E-state index contributed by atoms with van der Waals surface area (Å²) in [5, 5.41) is 8.79. The van der Waals surface area contributed by atoms with Crippen molar-refractivity contribution in [1.82, 2.24) is 0 Å². The molecular formula is C37H68NO10P. The van der Waals surface area contributed by atoms with Crippen LogP contribution in [-0.2, 0) is 37.5 Å². The van der Waals surface area contributed by atoms with Crippen molar-refractivity contribution in [3.05, 3.63) is 24.3 Å². The molecular weight excluding hydrogens is 649 g/mol. The van der Waals surface area contributed by atoms with Crippen LogP contribution >= 0.6 is 7.82 Å². The molecule has 12 heteroatoms. The highest BCUT2D eigenvalue weighted by molar-refractivity contribution is 7.47. The smallest absolute Gasteiger partial charge is 0.472 e. The molecule has 0 heterocycles. The fraction of sp³-hybridized carbons (Fsp3) is 0.811. The zero-order valence-corrected chi connectivity index (χ0v) is 31.4. The standard InChI is InChI=1S/C37H68NO10P/c1-3-5-7-8-9-10-11-12-13-14-15-16-17-18-19-20-21-22-23-24-25-26-27-29-36(40)48-33(30-45-35(39)28-6-4-2)31-46-49(43,44)47-32-34(38)37(41)42/h11-12,14-15,33-34H,3-10,13,16-32,38H2,1-2H3,(H,41,42)(H,43,44)/b12-11-,15-14-. The van der Waals surface area contributed by atoms with E-state index in [1.165, 1.54) is 89.9 Å². The molecule has 0 aromatic heterocycles. The van der Waals surface area contributed by atoms with E-state index in [0.717, 1.165) is 32.1 Å². The maximum atomic E-state index is 12.4. The van der Waals surface area contributed by atoms with E-state index in [4.69, 9.17) is 24.8 Å². The summed E-state index contributed by atoms with van der Waals surface area (Å²) in [5.74, 6) is -2.42. The lowest BCUT2D eigenvalue weighted by atomic mass is 10.0. The molecule has 3 unspecified atom stereocenters. The Kier molecular flexibility index (Phi) is 31.7. The molecule has 49 heavy (non-hydrogen) atoms. The molecule has 0 amide bonds. The second kappa shape index (κ2) is 33.1. The lowest BCUT2D eigenvalue weighted by Crippen LogP contribution is -2.34. The molecule has 0 fully saturated rings. The van der Waals surface area contributed by atoms with Crippen LogP contribution in [0.15, 0.2) is 24.3 Å². The number of carboxylic acids is 1. The summed E-state index contributed by atoms with van der Waals surface area (Å²) >= 11 is 0. The number of rotatable bonds is 35. The molecule has 0 aromatic rings. The molecule has 0 radical (unpaired) electrons. The third kappa shape index (κ3) is 32.9. The van der Waals surface area contributed by atoms with Crippen molar-refractivity contribution in [3.63, 3.8) is 0 Å². The van der Waals surface area contributed by atoms with Crippen molar-refractivity contribution in [2.75, 3.05) is 19.8 Å². The summed E-state index contributed by atoms with van der Waals surface area (Å²) in [5.41, 5.74) is 5.27. The first kappa shape index (κ1) is 47.0. The first-order valence-corrected chi connectivity index (χ1v) is 20.4. The normalized spacial score (nSPS) is 14.2. The van der Waals surface area contributed by atoms with Crippen LogP contribution < -0.4 is 5.73 Å². The van der Waals surface area contributed by atoms with Gasteiger partial charge in [0.1, 0.15) is 12.6 Å². The lowest BCUT2D eigenvalue weighted by molar-refractivity contribution is -0.161. The average molecular weight is 718 g/mol. The quantitative estimate of drug-likeness (QED) is 0.0247. The van der Waals surface area contributed by atoms with Crippen molar-refractivity contribution in [2.45, 2.75) is 174 Å². The number of nitrogens with two attached hydrogens (primary N) is 1. The summed E-state index contributed by atoms with van der Waals surface area (Å²) in [6.07, 6.45) is 32.5. The minimum atomic E-state index is -4.69. The molecule has 0 bridgehead atoms. The molecule has 0 rings (SSSR count). The molecule has 4 N–H and O–H groups in total. The van der Waals surface area contributed by atoms with Gasteiger partial charge < -0.3 is 25.2 Å². The Morgan fingerprint density at radius 2 is 1.10 bits per heavy atom. The molecule has 0 aliphatic rings. The predicted molar refractivity (Wildman–Crippen MR) is 194 cm³/mol. The van der Waals surface area contributed by atoms with Crippen LogP contribution in [0.3, 0.4) is 0 Å². The van der Waals surface area contributed by atoms with Crippen molar-refractivity contribution in [1.29, 1.82) is 0 Å². The van der Waals surface area contributed by atoms with E-state index in [2.05, 4.69) is 35.8 Å². The van der Waals surface area contributed by atoms with Crippen molar-refractivity contribution in [3.8, 4) is 0 Å². The number of unbranched alkanes of at least 4 members (excludes halogenated alkanes) is 17. The second-order valence-corrected chi connectivity index (χ2v) is 14.2. The summed E-state index contributed by atoms with van der Waals surface area (Å²) in [7, 11) is -4.69. The number of ether oxygens (including phenoxy) is 2. The number of phosphoric acid groups is 1. The maximum absolute atomic E-state index is 12.4. The third-order valence-corrected chi connectivity index (χ3v) is 8.90. The van der Waals surface area contributed by atoms with Crippen LogP contribution in [0.4, 0.5) is 0 Å². The van der Waals surface area contributed by atoms with Crippen LogP contribution in [0.1, 0.15) is 162 Å². The molecule has 0 spiro atoms. The van der Waals surface area contributed by atoms with E-state index >= 15 is 0 Å². The zero-order valence-electron chi connectivity index (χ0n) is 30.5. The van der Waals surface area contributed by atoms with Crippen LogP contribution in [0.5, 0.6) is 0 Å². The molecule has 0 saturated heterocycles. The van der Waals surface area contributed by atoms with Gasteiger partial charge in [0.15, 0.2) is 6.10 Å². The number of hydrogen-bond acceptors (Lipinski definition) is 9. The van der Waals surface area contributed by atoms with Gasteiger partial charge in [-0.1, -0.05) is 128 Å². The van der Waals surface area contributed by atoms with Gasteiger partial charge in [-0.3, -0.25) is 23.4 Å². The average Bonchev–Trinajstić information content (AvgIpc) is 3.07. The summed E-state index contributed by atoms with van der Waals surface area (Å²) in [6, 6.07) is -1.52. The van der Waals surface area contributed by atoms with E-state index in [-0.39, 0.29) is 19.4 Å². The van der Waals surface area contributed by atoms with E-state index in [1.54, 1.807) is 0 Å². The van der Waals surface area contributed by atoms with E-state index < -0.39 is 51.1 Å². The summed E-state index contributed by atoms with van der Waals surface area (Å²) in [6.45, 7) is 2.49. The number of carbonyl (C=O) groups excluding carboxylic acids is 2. The molecule has 286 valence electrons. The Morgan fingerprint density at radius 1 is 0.633 bits per heavy atom. The van der Waals surface area contributed by atoms with E-state index in [9.17, 15) is 23.8 Å². The topological polar surface area (TPSA) is 172 Å². The molecule has 0 saturated carbocycles. The van der Waals surface area contributed by atoms with Gasteiger partial charge in [0.2, 0.25) is 0 Å². The first-order valence-electron chi connectivity index (χ1n) is 18.9. The van der Waals surface area contributed by atoms with Gasteiger partial charge in [0.05, 0.1) is 13.2 Å². The van der Waals surface area contributed by atoms with Gasteiger partial charge in [-0.25, -0.2) is 4.57 Å². The fourth-order valence-corrected chi connectivity index (χ4v) is 5.67. The number of carboxylic acid groups (broad SMARTS) is 1. The van der Waals surface area contributed by atoms with Crippen LogP contribution in [-0.4, -0.2) is 59.9 Å². The van der Waals surface area contributed by atoms with Crippen molar-refractivity contribution >= 4 is 25.7 Å². The Hall–Kier alpha value is -2.04. The molecule has 0 aliphatic carbocycles. The number of phosphoric ester groups is 1. The Balaban J connectivity index is 4.01. The highest BCUT2D eigenvalue weighted by Crippen LogP contribution is 2.43. The van der Waals surface area contributed by atoms with Gasteiger partial charge in [-0.15, -0.1) is 0 Å². The molecule has 3 atom stereocenters. The molecule has 0 aliphatic heterocycles. The van der Waals surface area contributed by atoms with Crippen LogP contribution in [0.2, 0.25) is 0 Å². The highest BCUT2D eigenvalue weighted by Gasteiger charge is 2.28. The van der Waals surface area contributed by atoms with Crippen LogP contribution in [0.25, 0.3) is 0 Å². The fourth-order valence-electron chi connectivity index (χ4n) is 4.90. The highest BCUT2D eigenvalue weighted by atomic mass is 31.2. The SMILES string of the molecule is CCCCCCC/C=C\C/C=C\CCCCCCCCCCCCCC(=O)OC(COC(=O)CCCC)COP(=O)(O)OCC(N)C(=O)O. The van der Waals surface area contributed by atoms with Crippen LogP contribution in [0, 0.1) is 0 Å². The Morgan fingerprint density at radius 3 is 1.63 bits per heavy atom. The number of esters is 2.